The number of nitrogens with one attached hydrogen (secondary N) is 1. The minimum atomic E-state index is -3.59. The van der Waals surface area contributed by atoms with Crippen LogP contribution in [0.4, 0.5) is 10.3 Å². The third-order valence-electron chi connectivity index (χ3n) is 6.52. The highest BCUT2D eigenvalue weighted by atomic mass is 35.5. The zero-order chi connectivity index (χ0) is 26.3. The number of oxazole rings is 1. The molecule has 0 radical (unpaired) electrons. The van der Waals surface area contributed by atoms with Crippen LogP contribution in [-0.2, 0) is 10.0 Å². The molecule has 4 heterocycles. The average Bonchev–Trinajstić information content (AvgIpc) is 3.52. The summed E-state index contributed by atoms with van der Waals surface area (Å²) in [4.78, 5) is 13.9. The van der Waals surface area contributed by atoms with E-state index in [1.165, 1.54) is 34.8 Å². The van der Waals surface area contributed by atoms with E-state index in [-0.39, 0.29) is 16.8 Å². The maximum absolute atomic E-state index is 13.5. The van der Waals surface area contributed by atoms with Gasteiger partial charge in [0.15, 0.2) is 0 Å². The van der Waals surface area contributed by atoms with Gasteiger partial charge < -0.3 is 9.73 Å². The van der Waals surface area contributed by atoms with Crippen LogP contribution in [0.3, 0.4) is 0 Å². The second-order valence-electron chi connectivity index (χ2n) is 8.91. The average molecular weight is 553 g/mol. The van der Waals surface area contributed by atoms with Crippen LogP contribution in [0.25, 0.3) is 28.5 Å². The molecule has 0 atom stereocenters. The van der Waals surface area contributed by atoms with Crippen LogP contribution in [0.15, 0.2) is 82.6 Å². The van der Waals surface area contributed by atoms with Crippen molar-refractivity contribution in [3.8, 4) is 22.6 Å². The summed E-state index contributed by atoms with van der Waals surface area (Å²) in [7, 11) is -3.59. The van der Waals surface area contributed by atoms with Crippen molar-refractivity contribution in [1.82, 2.24) is 23.7 Å². The fourth-order valence-electron chi connectivity index (χ4n) is 4.58. The summed E-state index contributed by atoms with van der Waals surface area (Å²) in [5, 5.41) is 3.84. The Hall–Kier alpha value is -3.80. The van der Waals surface area contributed by atoms with Gasteiger partial charge in [0.05, 0.1) is 10.6 Å². The molecule has 0 aliphatic carbocycles. The molecule has 1 fully saturated rings. The van der Waals surface area contributed by atoms with E-state index in [0.717, 1.165) is 5.56 Å². The Labute approximate surface area is 223 Å². The van der Waals surface area contributed by atoms with Crippen LogP contribution in [0, 0.1) is 5.82 Å². The summed E-state index contributed by atoms with van der Waals surface area (Å²) in [5.41, 5.74) is 2.63. The van der Waals surface area contributed by atoms with Crippen molar-refractivity contribution in [2.75, 3.05) is 18.4 Å². The third-order valence-corrected chi connectivity index (χ3v) is 8.68. The van der Waals surface area contributed by atoms with Crippen LogP contribution < -0.4 is 5.32 Å². The molecule has 0 bridgehead atoms. The van der Waals surface area contributed by atoms with Crippen LogP contribution in [0.1, 0.15) is 12.8 Å². The molecule has 6 rings (SSSR count). The second-order valence-corrected chi connectivity index (χ2v) is 11.3. The molecule has 194 valence electrons. The maximum atomic E-state index is 13.5. The SMILES string of the molecule is O=S(=O)(c1ccc(Cl)cc1)N1CCC(Nc2nccc(-c3c(-c4ccc(F)cc4)nc4occn34)n2)CC1. The lowest BCUT2D eigenvalue weighted by atomic mass is 10.1. The van der Waals surface area contributed by atoms with Gasteiger partial charge in [-0.2, -0.15) is 9.29 Å². The number of anilines is 1. The Kier molecular flexibility index (Phi) is 6.34. The molecular weight excluding hydrogens is 531 g/mol. The fourth-order valence-corrected chi connectivity index (χ4v) is 6.17. The lowest BCUT2D eigenvalue weighted by Gasteiger charge is -2.31. The molecule has 1 saturated heterocycles. The molecule has 38 heavy (non-hydrogen) atoms. The molecule has 1 N–H and O–H groups in total. The van der Waals surface area contributed by atoms with Crippen LogP contribution in [-0.4, -0.2) is 51.2 Å². The Morgan fingerprint density at radius 2 is 1.74 bits per heavy atom. The fraction of sp³-hybridized carbons (Fsp3) is 0.192. The van der Waals surface area contributed by atoms with E-state index < -0.39 is 10.0 Å². The molecule has 1 aliphatic rings. The summed E-state index contributed by atoms with van der Waals surface area (Å²) in [5.74, 6) is 0.477. The van der Waals surface area contributed by atoms with Crippen molar-refractivity contribution in [1.29, 1.82) is 0 Å². The van der Waals surface area contributed by atoms with Gasteiger partial charge in [-0.3, -0.25) is 4.40 Å². The zero-order valence-electron chi connectivity index (χ0n) is 20.0. The molecule has 1 aliphatic heterocycles. The number of piperidine rings is 1. The van der Waals surface area contributed by atoms with Crippen molar-refractivity contribution < 1.29 is 17.2 Å². The first-order valence-electron chi connectivity index (χ1n) is 12.0. The molecule has 0 unspecified atom stereocenters. The van der Waals surface area contributed by atoms with Crippen molar-refractivity contribution in [2.24, 2.45) is 0 Å². The van der Waals surface area contributed by atoms with Gasteiger partial charge in [-0.15, -0.1) is 0 Å². The highest BCUT2D eigenvalue weighted by Gasteiger charge is 2.30. The van der Waals surface area contributed by atoms with Crippen LogP contribution >= 0.6 is 11.6 Å². The first-order valence-corrected chi connectivity index (χ1v) is 13.8. The largest absolute Gasteiger partial charge is 0.432 e. The minimum Gasteiger partial charge on any atom is -0.432 e. The van der Waals surface area contributed by atoms with Crippen molar-refractivity contribution in [2.45, 2.75) is 23.8 Å². The van der Waals surface area contributed by atoms with Crippen molar-refractivity contribution in [3.05, 3.63) is 84.1 Å². The van der Waals surface area contributed by atoms with E-state index >= 15 is 0 Å². The van der Waals surface area contributed by atoms with Gasteiger partial charge in [0.1, 0.15) is 23.5 Å². The Balaban J connectivity index is 1.21. The monoisotopic (exact) mass is 552 g/mol. The first kappa shape index (κ1) is 24.5. The van der Waals surface area contributed by atoms with Gasteiger partial charge in [0, 0.05) is 42.1 Å². The smallest absolute Gasteiger partial charge is 0.306 e. The molecule has 0 spiro atoms. The number of benzene rings is 2. The summed E-state index contributed by atoms with van der Waals surface area (Å²) in [6.45, 7) is 0.741. The Bertz CT molecular complexity index is 1700. The van der Waals surface area contributed by atoms with Gasteiger partial charge in [0.2, 0.25) is 16.0 Å². The zero-order valence-corrected chi connectivity index (χ0v) is 21.5. The molecule has 0 saturated carbocycles. The van der Waals surface area contributed by atoms with Gasteiger partial charge in [-0.25, -0.2) is 22.8 Å². The van der Waals surface area contributed by atoms with Gasteiger partial charge >= 0.3 is 5.84 Å². The van der Waals surface area contributed by atoms with E-state index in [9.17, 15) is 12.8 Å². The van der Waals surface area contributed by atoms with Crippen molar-refractivity contribution >= 4 is 33.4 Å². The Morgan fingerprint density at radius 3 is 2.47 bits per heavy atom. The van der Waals surface area contributed by atoms with Crippen LogP contribution in [0.5, 0.6) is 0 Å². The lowest BCUT2D eigenvalue weighted by Crippen LogP contribution is -2.42. The predicted molar refractivity (Wildman–Crippen MR) is 141 cm³/mol. The first-order chi connectivity index (χ1) is 18.4. The van der Waals surface area contributed by atoms with E-state index in [4.69, 9.17) is 21.0 Å². The number of rotatable bonds is 6. The number of halogens is 2. The number of sulfonamides is 1. The number of aromatic nitrogens is 4. The van der Waals surface area contributed by atoms with Crippen molar-refractivity contribution in [3.63, 3.8) is 0 Å². The predicted octanol–water partition coefficient (Wildman–Crippen LogP) is 5.11. The normalized spacial score (nSPS) is 15.2. The molecule has 12 heteroatoms. The van der Waals surface area contributed by atoms with E-state index in [1.54, 1.807) is 47.1 Å². The second kappa shape index (κ2) is 9.82. The molecule has 3 aromatic heterocycles. The molecule has 5 aromatic rings. The number of imidazole rings is 1. The topological polar surface area (TPSA) is 106 Å². The third kappa shape index (κ3) is 4.64. The number of nitrogens with zero attached hydrogens (tertiary/aromatic N) is 5. The minimum absolute atomic E-state index is 0.00197. The van der Waals surface area contributed by atoms with E-state index in [1.807, 2.05) is 0 Å². The summed E-state index contributed by atoms with van der Waals surface area (Å²) in [6, 6.07) is 14.1. The van der Waals surface area contributed by atoms with Gasteiger partial charge in [-0.1, -0.05) is 11.6 Å². The highest BCUT2D eigenvalue weighted by Crippen LogP contribution is 2.33. The molecule has 0 amide bonds. The van der Waals surface area contributed by atoms with Crippen LogP contribution in [0.2, 0.25) is 5.02 Å². The molecular formula is C26H22ClFN6O3S. The Morgan fingerprint density at radius 1 is 1.00 bits per heavy atom. The number of hydrogen-bond acceptors (Lipinski definition) is 7. The quantitative estimate of drug-likeness (QED) is 0.312. The van der Waals surface area contributed by atoms with E-state index in [2.05, 4.69) is 15.3 Å². The number of hydrogen-bond donors (Lipinski definition) is 1. The summed E-state index contributed by atoms with van der Waals surface area (Å²) in [6.07, 6.45) is 6.13. The summed E-state index contributed by atoms with van der Waals surface area (Å²) < 4.78 is 48.3. The highest BCUT2D eigenvalue weighted by molar-refractivity contribution is 7.89. The lowest BCUT2D eigenvalue weighted by molar-refractivity contribution is 0.329. The maximum Gasteiger partial charge on any atom is 0.306 e. The molecule has 9 nitrogen and oxygen atoms in total. The summed E-state index contributed by atoms with van der Waals surface area (Å²) >= 11 is 5.90. The van der Waals surface area contributed by atoms with E-state index in [0.29, 0.717) is 59.8 Å². The molecule has 2 aromatic carbocycles. The number of fused-ring (bicyclic) bond motifs is 1. The van der Waals surface area contributed by atoms with Gasteiger partial charge in [-0.05, 0) is 67.4 Å². The standard InChI is InChI=1S/C26H22ClFN6O3S/c27-18-3-7-21(8-4-18)38(35,36)33-13-10-20(11-14-33)30-25-29-12-9-22(31-25)24-23(17-1-5-19(28)6-2-17)32-26-34(24)15-16-37-26/h1-9,12,15-16,20H,10-11,13-14H2,(H,29,30,31). The van der Waals surface area contributed by atoms with Gasteiger partial charge in [0.25, 0.3) is 0 Å².